The average molecular weight is 249 g/mol. The predicted octanol–water partition coefficient (Wildman–Crippen LogP) is 4.28. The van der Waals surface area contributed by atoms with Crippen LogP contribution in [0, 0.1) is 0 Å². The molecule has 0 aliphatic rings. The molecule has 0 radical (unpaired) electrons. The molecule has 0 aromatic carbocycles. The summed E-state index contributed by atoms with van der Waals surface area (Å²) < 4.78 is 0. The topological polar surface area (TPSA) is 12.5 Å². The van der Waals surface area contributed by atoms with E-state index in [0.717, 1.165) is 12.8 Å². The average Bonchev–Trinajstić information content (AvgIpc) is 2.29. The van der Waals surface area contributed by atoms with E-state index in [4.69, 9.17) is 4.84 Å². The first-order valence-electron chi connectivity index (χ1n) is 6.40. The Hall–Kier alpha value is -1.12. The number of hydrogen-bond acceptors (Lipinski definition) is 2. The molecule has 0 aliphatic heterocycles. The molecule has 18 heavy (non-hydrogen) atoms. The summed E-state index contributed by atoms with van der Waals surface area (Å²) in [5.74, 6) is 0. The second-order valence-corrected chi connectivity index (χ2v) is 4.85. The van der Waals surface area contributed by atoms with Gasteiger partial charge in [0.25, 0.3) is 0 Å². The summed E-state index contributed by atoms with van der Waals surface area (Å²) in [6, 6.07) is 0. The van der Waals surface area contributed by atoms with Crippen molar-refractivity contribution in [2.24, 2.45) is 0 Å². The Balaban J connectivity index is 4.50. The summed E-state index contributed by atoms with van der Waals surface area (Å²) >= 11 is 0. The number of hydrogen-bond donors (Lipinski definition) is 0. The second kappa shape index (κ2) is 8.90. The molecule has 0 amide bonds. The van der Waals surface area contributed by atoms with Crippen LogP contribution in [0.15, 0.2) is 49.6 Å². The van der Waals surface area contributed by atoms with Gasteiger partial charge in [0.1, 0.15) is 5.60 Å². The Morgan fingerprint density at radius 1 is 1.17 bits per heavy atom. The zero-order chi connectivity index (χ0) is 14.0. The van der Waals surface area contributed by atoms with E-state index in [1.165, 1.54) is 5.57 Å². The first-order valence-corrected chi connectivity index (χ1v) is 6.40. The monoisotopic (exact) mass is 249 g/mol. The molecule has 0 aromatic rings. The number of nitrogens with zero attached hydrogens (tertiary/aromatic N) is 1. The normalized spacial score (nSPS) is 13.8. The largest absolute Gasteiger partial charge is 0.288 e. The van der Waals surface area contributed by atoms with Crippen LogP contribution in [-0.4, -0.2) is 23.8 Å². The molecular weight excluding hydrogens is 222 g/mol. The highest BCUT2D eigenvalue weighted by molar-refractivity contribution is 4.99. The fourth-order valence-corrected chi connectivity index (χ4v) is 1.56. The zero-order valence-electron chi connectivity index (χ0n) is 12.1. The zero-order valence-corrected chi connectivity index (χ0v) is 12.1. The van der Waals surface area contributed by atoms with Crippen LogP contribution < -0.4 is 0 Å². The van der Waals surface area contributed by atoms with Gasteiger partial charge in [-0.15, -0.1) is 19.7 Å². The minimum atomic E-state index is -0.349. The van der Waals surface area contributed by atoms with Gasteiger partial charge in [0.2, 0.25) is 0 Å². The van der Waals surface area contributed by atoms with Gasteiger partial charge < -0.3 is 0 Å². The Morgan fingerprint density at radius 3 is 2.11 bits per heavy atom. The van der Waals surface area contributed by atoms with Crippen LogP contribution in [0.4, 0.5) is 0 Å². The summed E-state index contributed by atoms with van der Waals surface area (Å²) in [4.78, 5) is 5.99. The fraction of sp³-hybridized carbons (Fsp3) is 0.500. The van der Waals surface area contributed by atoms with E-state index in [1.807, 2.05) is 23.3 Å². The van der Waals surface area contributed by atoms with Crippen molar-refractivity contribution in [3.63, 3.8) is 0 Å². The standard InChI is InChI=1S/C16H27NO/c1-7-13-17(14-8-2)18-16(6,9-3)12-10-11-15(4)5/h7-9,11H,1-3,10,12-14H2,4-6H3. The highest BCUT2D eigenvalue weighted by Gasteiger charge is 2.23. The Morgan fingerprint density at radius 2 is 1.72 bits per heavy atom. The van der Waals surface area contributed by atoms with Crippen molar-refractivity contribution < 1.29 is 4.84 Å². The highest BCUT2D eigenvalue weighted by Crippen LogP contribution is 2.21. The fourth-order valence-electron chi connectivity index (χ4n) is 1.56. The molecule has 0 fully saturated rings. The molecule has 2 nitrogen and oxygen atoms in total. The summed E-state index contributed by atoms with van der Waals surface area (Å²) in [7, 11) is 0. The molecule has 102 valence electrons. The van der Waals surface area contributed by atoms with E-state index in [-0.39, 0.29) is 5.60 Å². The van der Waals surface area contributed by atoms with Gasteiger partial charge in [0, 0.05) is 13.1 Å². The quantitative estimate of drug-likeness (QED) is 0.423. The second-order valence-electron chi connectivity index (χ2n) is 4.85. The van der Waals surface area contributed by atoms with Crippen molar-refractivity contribution in [3.8, 4) is 0 Å². The van der Waals surface area contributed by atoms with Crippen LogP contribution in [0.1, 0.15) is 33.6 Å². The number of hydroxylamine groups is 2. The Labute approximate surface area is 112 Å². The molecular formula is C16H27NO. The van der Waals surface area contributed by atoms with Crippen LogP contribution >= 0.6 is 0 Å². The SMILES string of the molecule is C=CCN(CC=C)OC(C)(C=C)CCC=C(C)C. The van der Waals surface area contributed by atoms with Gasteiger partial charge >= 0.3 is 0 Å². The minimum Gasteiger partial charge on any atom is -0.288 e. The first kappa shape index (κ1) is 16.9. The lowest BCUT2D eigenvalue weighted by atomic mass is 9.99. The third-order valence-electron chi connectivity index (χ3n) is 2.63. The third-order valence-corrected chi connectivity index (χ3v) is 2.63. The van der Waals surface area contributed by atoms with Crippen molar-refractivity contribution >= 4 is 0 Å². The summed E-state index contributed by atoms with van der Waals surface area (Å²) in [6.07, 6.45) is 9.63. The summed E-state index contributed by atoms with van der Waals surface area (Å²) in [5, 5.41) is 1.85. The van der Waals surface area contributed by atoms with Gasteiger partial charge in [-0.2, -0.15) is 5.06 Å². The predicted molar refractivity (Wildman–Crippen MR) is 80.3 cm³/mol. The van der Waals surface area contributed by atoms with Gasteiger partial charge in [-0.3, -0.25) is 4.84 Å². The molecule has 0 aliphatic carbocycles. The summed E-state index contributed by atoms with van der Waals surface area (Å²) in [5.41, 5.74) is 0.980. The molecule has 0 aromatic heterocycles. The van der Waals surface area contributed by atoms with Crippen molar-refractivity contribution in [2.45, 2.75) is 39.2 Å². The molecule has 0 saturated heterocycles. The lowest BCUT2D eigenvalue weighted by molar-refractivity contribution is -0.213. The maximum Gasteiger partial charge on any atom is 0.105 e. The number of allylic oxidation sites excluding steroid dienone is 2. The lowest BCUT2D eigenvalue weighted by Gasteiger charge is -2.32. The van der Waals surface area contributed by atoms with Gasteiger partial charge in [0.15, 0.2) is 0 Å². The van der Waals surface area contributed by atoms with E-state index in [9.17, 15) is 0 Å². The smallest absolute Gasteiger partial charge is 0.105 e. The van der Waals surface area contributed by atoms with E-state index in [2.05, 4.69) is 46.6 Å². The molecule has 0 heterocycles. The molecule has 1 atom stereocenters. The maximum absolute atomic E-state index is 5.99. The lowest BCUT2D eigenvalue weighted by Crippen LogP contribution is -2.37. The van der Waals surface area contributed by atoms with E-state index in [0.29, 0.717) is 13.1 Å². The summed E-state index contributed by atoms with van der Waals surface area (Å²) in [6.45, 7) is 19.0. The van der Waals surface area contributed by atoms with Crippen molar-refractivity contribution in [1.29, 1.82) is 0 Å². The van der Waals surface area contributed by atoms with Crippen molar-refractivity contribution in [1.82, 2.24) is 5.06 Å². The first-order chi connectivity index (χ1) is 8.47. The van der Waals surface area contributed by atoms with E-state index in [1.54, 1.807) is 0 Å². The molecule has 0 spiro atoms. The van der Waals surface area contributed by atoms with Gasteiger partial charge in [0.05, 0.1) is 0 Å². The van der Waals surface area contributed by atoms with Crippen LogP contribution in [0.3, 0.4) is 0 Å². The van der Waals surface area contributed by atoms with Crippen molar-refractivity contribution in [3.05, 3.63) is 49.6 Å². The highest BCUT2D eigenvalue weighted by atomic mass is 16.7. The van der Waals surface area contributed by atoms with Gasteiger partial charge in [-0.05, 0) is 33.6 Å². The molecule has 1 unspecified atom stereocenters. The molecule has 0 saturated carbocycles. The Bertz CT molecular complexity index is 292. The van der Waals surface area contributed by atoms with Gasteiger partial charge in [-0.25, -0.2) is 0 Å². The van der Waals surface area contributed by atoms with Crippen LogP contribution in [0.2, 0.25) is 0 Å². The van der Waals surface area contributed by atoms with E-state index >= 15 is 0 Å². The molecule has 2 heteroatoms. The third kappa shape index (κ3) is 7.25. The maximum atomic E-state index is 5.99. The minimum absolute atomic E-state index is 0.349. The van der Waals surface area contributed by atoms with Crippen molar-refractivity contribution in [2.75, 3.05) is 13.1 Å². The van der Waals surface area contributed by atoms with Gasteiger partial charge in [-0.1, -0.05) is 29.9 Å². The molecule has 0 bridgehead atoms. The van der Waals surface area contributed by atoms with Crippen LogP contribution in [0.5, 0.6) is 0 Å². The Kier molecular flexibility index (Phi) is 8.34. The molecule has 0 rings (SSSR count). The molecule has 0 N–H and O–H groups in total. The van der Waals surface area contributed by atoms with Crippen LogP contribution in [-0.2, 0) is 4.84 Å². The van der Waals surface area contributed by atoms with Crippen LogP contribution in [0.25, 0.3) is 0 Å². The van der Waals surface area contributed by atoms with E-state index < -0.39 is 0 Å². The number of rotatable bonds is 10.